The third-order valence-electron chi connectivity index (χ3n) is 5.19. The number of benzene rings is 1. The van der Waals surface area contributed by atoms with E-state index >= 15 is 0 Å². The highest BCUT2D eigenvalue weighted by molar-refractivity contribution is 7.17. The number of hydrogen-bond acceptors (Lipinski definition) is 5. The fraction of sp³-hybridized carbons (Fsp3) is 0.565. The van der Waals surface area contributed by atoms with Crippen LogP contribution in [0.1, 0.15) is 45.6 Å². The quantitative estimate of drug-likeness (QED) is 0.685. The Labute approximate surface area is 182 Å². The van der Waals surface area contributed by atoms with Crippen LogP contribution in [0.2, 0.25) is 0 Å². The second kappa shape index (κ2) is 10.3. The Bertz CT molecular complexity index is 852. The first-order chi connectivity index (χ1) is 14.3. The number of amides is 2. The summed E-state index contributed by atoms with van der Waals surface area (Å²) in [5, 5.41) is 8.97. The number of nitrogens with one attached hydrogen (secondary N) is 2. The molecule has 0 unspecified atom stereocenters. The third-order valence-corrected chi connectivity index (χ3v) is 6.20. The number of thiophene rings is 1. The van der Waals surface area contributed by atoms with Gasteiger partial charge in [-0.3, -0.25) is 4.79 Å². The van der Waals surface area contributed by atoms with Gasteiger partial charge in [0.1, 0.15) is 11.6 Å². The number of fused-ring (bicyclic) bond motifs is 1. The minimum absolute atomic E-state index is 0.178. The van der Waals surface area contributed by atoms with Crippen molar-refractivity contribution in [3.05, 3.63) is 35.2 Å². The number of alkyl carbamates (subject to hydrolysis) is 1. The predicted molar refractivity (Wildman–Crippen MR) is 120 cm³/mol. The number of carbonyl (C=O) groups excluding carboxylic acids is 2. The van der Waals surface area contributed by atoms with Crippen LogP contribution in [0.3, 0.4) is 0 Å². The van der Waals surface area contributed by atoms with E-state index in [0.717, 1.165) is 43.4 Å². The highest BCUT2D eigenvalue weighted by Gasteiger charge is 2.26. The zero-order valence-electron chi connectivity index (χ0n) is 18.0. The molecule has 30 heavy (non-hydrogen) atoms. The van der Waals surface area contributed by atoms with E-state index in [4.69, 9.17) is 9.47 Å². The standard InChI is InChI=1S/C23H32N2O4S/c1-23(2,3)29-22(27)25-19(14-17-15-30-20-7-5-4-6-18(17)20)21(26)24-11-8-16-9-12-28-13-10-16/h4-7,15-16,19H,8-14H2,1-3H3,(H,24,26)(H,25,27)/t19-/m0/s1. The van der Waals surface area contributed by atoms with Crippen LogP contribution in [0.4, 0.5) is 4.79 Å². The van der Waals surface area contributed by atoms with Gasteiger partial charge in [0.2, 0.25) is 5.91 Å². The lowest BCUT2D eigenvalue weighted by molar-refractivity contribution is -0.123. The topological polar surface area (TPSA) is 76.7 Å². The number of carbonyl (C=O) groups is 2. The van der Waals surface area contributed by atoms with E-state index in [2.05, 4.69) is 28.1 Å². The minimum Gasteiger partial charge on any atom is -0.444 e. The average Bonchev–Trinajstić information content (AvgIpc) is 3.10. The van der Waals surface area contributed by atoms with Crippen molar-refractivity contribution in [1.82, 2.24) is 10.6 Å². The first-order valence-electron chi connectivity index (χ1n) is 10.6. The smallest absolute Gasteiger partial charge is 0.408 e. The van der Waals surface area contributed by atoms with Crippen molar-refractivity contribution in [2.45, 2.75) is 58.1 Å². The lowest BCUT2D eigenvalue weighted by atomic mass is 9.96. The second-order valence-corrected chi connectivity index (χ2v) is 9.71. The molecule has 3 rings (SSSR count). The van der Waals surface area contributed by atoms with E-state index < -0.39 is 17.7 Å². The SMILES string of the molecule is CC(C)(C)OC(=O)N[C@@H](Cc1csc2ccccc12)C(=O)NCCC1CCOCC1. The molecule has 2 aromatic rings. The molecule has 1 aromatic heterocycles. The molecule has 1 aromatic carbocycles. The molecule has 0 saturated carbocycles. The maximum absolute atomic E-state index is 12.9. The Balaban J connectivity index is 1.64. The molecule has 6 nitrogen and oxygen atoms in total. The van der Waals surface area contributed by atoms with E-state index in [-0.39, 0.29) is 5.91 Å². The Hall–Kier alpha value is -2.12. The Morgan fingerprint density at radius 1 is 1.23 bits per heavy atom. The first kappa shape index (κ1) is 22.6. The summed E-state index contributed by atoms with van der Waals surface area (Å²) in [4.78, 5) is 25.3. The summed E-state index contributed by atoms with van der Waals surface area (Å²) < 4.78 is 11.9. The summed E-state index contributed by atoms with van der Waals surface area (Å²) in [5.41, 5.74) is 0.430. The molecule has 2 N–H and O–H groups in total. The van der Waals surface area contributed by atoms with Crippen molar-refractivity contribution in [3.8, 4) is 0 Å². The molecule has 0 spiro atoms. The van der Waals surface area contributed by atoms with E-state index in [1.165, 1.54) is 4.70 Å². The molecule has 1 saturated heterocycles. The summed E-state index contributed by atoms with van der Waals surface area (Å²) in [6, 6.07) is 7.42. The minimum atomic E-state index is -0.687. The number of ether oxygens (including phenoxy) is 2. The van der Waals surface area contributed by atoms with Gasteiger partial charge in [0, 0.05) is 30.9 Å². The molecule has 0 aliphatic carbocycles. The maximum atomic E-state index is 12.9. The molecule has 1 fully saturated rings. The lowest BCUT2D eigenvalue weighted by Gasteiger charge is -2.24. The summed E-state index contributed by atoms with van der Waals surface area (Å²) in [6.45, 7) is 7.62. The number of hydrogen-bond donors (Lipinski definition) is 2. The zero-order chi connectivity index (χ0) is 21.6. The van der Waals surface area contributed by atoms with Crippen LogP contribution in [-0.4, -0.2) is 43.4 Å². The highest BCUT2D eigenvalue weighted by Crippen LogP contribution is 2.26. The van der Waals surface area contributed by atoms with Crippen molar-refractivity contribution >= 4 is 33.4 Å². The highest BCUT2D eigenvalue weighted by atomic mass is 32.1. The zero-order valence-corrected chi connectivity index (χ0v) is 18.8. The Kier molecular flexibility index (Phi) is 7.72. The summed E-state index contributed by atoms with van der Waals surface area (Å²) in [5.74, 6) is 0.403. The van der Waals surface area contributed by atoms with Crippen LogP contribution in [0.5, 0.6) is 0 Å². The van der Waals surface area contributed by atoms with Crippen LogP contribution in [-0.2, 0) is 20.7 Å². The molecule has 164 valence electrons. The van der Waals surface area contributed by atoms with Crippen molar-refractivity contribution < 1.29 is 19.1 Å². The molecule has 1 atom stereocenters. The van der Waals surface area contributed by atoms with Gasteiger partial charge in [0.05, 0.1) is 0 Å². The Morgan fingerprint density at radius 2 is 1.97 bits per heavy atom. The van der Waals surface area contributed by atoms with Gasteiger partial charge in [-0.2, -0.15) is 0 Å². The van der Waals surface area contributed by atoms with Gasteiger partial charge >= 0.3 is 6.09 Å². The molecule has 1 aliphatic heterocycles. The monoisotopic (exact) mass is 432 g/mol. The second-order valence-electron chi connectivity index (χ2n) is 8.80. The van der Waals surface area contributed by atoms with E-state index in [0.29, 0.717) is 18.9 Å². The van der Waals surface area contributed by atoms with Crippen molar-refractivity contribution in [1.29, 1.82) is 0 Å². The van der Waals surface area contributed by atoms with Crippen LogP contribution in [0, 0.1) is 5.92 Å². The van der Waals surface area contributed by atoms with Crippen molar-refractivity contribution in [3.63, 3.8) is 0 Å². The summed E-state index contributed by atoms with van der Waals surface area (Å²) in [7, 11) is 0. The average molecular weight is 433 g/mol. The van der Waals surface area contributed by atoms with Crippen molar-refractivity contribution in [2.24, 2.45) is 5.92 Å². The lowest BCUT2D eigenvalue weighted by Crippen LogP contribution is -2.49. The summed E-state index contributed by atoms with van der Waals surface area (Å²) >= 11 is 1.65. The van der Waals surface area contributed by atoms with Crippen LogP contribution < -0.4 is 10.6 Å². The predicted octanol–water partition coefficient (Wildman–Crippen LogP) is 4.27. The van der Waals surface area contributed by atoms with Gasteiger partial charge in [-0.1, -0.05) is 18.2 Å². The molecule has 2 amide bonds. The molecular weight excluding hydrogens is 400 g/mol. The van der Waals surface area contributed by atoms with E-state index in [1.807, 2.05) is 32.9 Å². The van der Waals surface area contributed by atoms with Gasteiger partial charge in [0.15, 0.2) is 0 Å². The molecule has 7 heteroatoms. The van der Waals surface area contributed by atoms with Crippen LogP contribution >= 0.6 is 11.3 Å². The van der Waals surface area contributed by atoms with E-state index in [9.17, 15) is 9.59 Å². The molecule has 0 bridgehead atoms. The van der Waals surface area contributed by atoms with Gasteiger partial charge in [-0.05, 0) is 68.3 Å². The van der Waals surface area contributed by atoms with Gasteiger partial charge in [0.25, 0.3) is 0 Å². The van der Waals surface area contributed by atoms with E-state index in [1.54, 1.807) is 11.3 Å². The molecule has 2 heterocycles. The van der Waals surface area contributed by atoms with Crippen molar-refractivity contribution in [2.75, 3.05) is 19.8 Å². The van der Waals surface area contributed by atoms with Gasteiger partial charge in [-0.25, -0.2) is 4.79 Å². The molecular formula is C23H32N2O4S. The third kappa shape index (κ3) is 6.71. The Morgan fingerprint density at radius 3 is 2.70 bits per heavy atom. The molecule has 1 aliphatic rings. The van der Waals surface area contributed by atoms with Crippen LogP contribution in [0.25, 0.3) is 10.1 Å². The largest absolute Gasteiger partial charge is 0.444 e. The fourth-order valence-electron chi connectivity index (χ4n) is 3.63. The summed E-state index contributed by atoms with van der Waals surface area (Å²) in [6.07, 6.45) is 2.85. The fourth-order valence-corrected chi connectivity index (χ4v) is 4.60. The van der Waals surface area contributed by atoms with Crippen LogP contribution in [0.15, 0.2) is 29.6 Å². The van der Waals surface area contributed by atoms with Gasteiger partial charge in [-0.15, -0.1) is 11.3 Å². The number of rotatable bonds is 7. The maximum Gasteiger partial charge on any atom is 0.408 e. The van der Waals surface area contributed by atoms with Gasteiger partial charge < -0.3 is 20.1 Å². The molecule has 0 radical (unpaired) electrons. The normalized spacial score (nSPS) is 16.2. The first-order valence-corrected chi connectivity index (χ1v) is 11.5.